The normalized spacial score (nSPS) is 16.9. The molecular formula is C18H19NO2. The van der Waals surface area contributed by atoms with E-state index >= 15 is 0 Å². The van der Waals surface area contributed by atoms with E-state index in [1.807, 2.05) is 30.3 Å². The van der Waals surface area contributed by atoms with Crippen molar-refractivity contribution in [2.24, 2.45) is 0 Å². The molecule has 108 valence electrons. The van der Waals surface area contributed by atoms with Crippen molar-refractivity contribution in [2.45, 2.75) is 39.0 Å². The number of allylic oxidation sites excluding steroid dienone is 3. The Morgan fingerprint density at radius 1 is 0.952 bits per heavy atom. The van der Waals surface area contributed by atoms with Crippen molar-refractivity contribution in [3.63, 3.8) is 0 Å². The summed E-state index contributed by atoms with van der Waals surface area (Å²) in [7, 11) is 0. The summed E-state index contributed by atoms with van der Waals surface area (Å²) in [5, 5.41) is 2.83. The van der Waals surface area contributed by atoms with Gasteiger partial charge in [0.1, 0.15) is 0 Å². The fourth-order valence-electron chi connectivity index (χ4n) is 3.07. The summed E-state index contributed by atoms with van der Waals surface area (Å²) in [4.78, 5) is 24.4. The average Bonchev–Trinajstić information content (AvgIpc) is 3.16. The highest BCUT2D eigenvalue weighted by Gasteiger charge is 2.36. The van der Waals surface area contributed by atoms with Gasteiger partial charge in [-0.15, -0.1) is 0 Å². The zero-order valence-electron chi connectivity index (χ0n) is 12.2. The molecule has 1 amide bonds. The van der Waals surface area contributed by atoms with Crippen LogP contribution in [-0.4, -0.2) is 11.7 Å². The Balaban J connectivity index is 1.83. The minimum Gasteiger partial charge on any atom is -0.322 e. The number of hydrogen-bond acceptors (Lipinski definition) is 2. The van der Waals surface area contributed by atoms with E-state index in [9.17, 15) is 9.59 Å². The third-order valence-electron chi connectivity index (χ3n) is 4.12. The number of benzene rings is 1. The van der Waals surface area contributed by atoms with E-state index in [4.69, 9.17) is 0 Å². The molecule has 0 bridgehead atoms. The number of nitrogens with one attached hydrogen (secondary N) is 1. The monoisotopic (exact) mass is 281 g/mol. The van der Waals surface area contributed by atoms with Crippen LogP contribution >= 0.6 is 0 Å². The van der Waals surface area contributed by atoms with Gasteiger partial charge in [-0.25, -0.2) is 0 Å². The van der Waals surface area contributed by atoms with Crippen LogP contribution in [0, 0.1) is 0 Å². The van der Waals surface area contributed by atoms with Gasteiger partial charge >= 0.3 is 0 Å². The SMILES string of the molecule is CC(=O)C(C(=O)Nc1ccccc1)=C1C2=C1CCCCC2. The Morgan fingerprint density at radius 2 is 1.57 bits per heavy atom. The largest absolute Gasteiger partial charge is 0.322 e. The molecule has 1 aromatic rings. The second-order valence-electron chi connectivity index (χ2n) is 5.64. The first kappa shape index (κ1) is 13.8. The summed E-state index contributed by atoms with van der Waals surface area (Å²) in [5.74, 6) is -0.428. The molecule has 0 spiro atoms. The second-order valence-corrected chi connectivity index (χ2v) is 5.64. The summed E-state index contributed by atoms with van der Waals surface area (Å²) in [6.07, 6.45) is 5.59. The number of rotatable bonds is 3. The van der Waals surface area contributed by atoms with Gasteiger partial charge in [0.05, 0.1) is 5.57 Å². The molecule has 1 aromatic carbocycles. The van der Waals surface area contributed by atoms with E-state index in [0.717, 1.165) is 36.9 Å². The van der Waals surface area contributed by atoms with E-state index in [1.54, 1.807) is 0 Å². The van der Waals surface area contributed by atoms with Gasteiger partial charge in [-0.1, -0.05) is 24.6 Å². The fraction of sp³-hybridized carbons (Fsp3) is 0.333. The number of amides is 1. The van der Waals surface area contributed by atoms with Gasteiger partial charge in [-0.2, -0.15) is 0 Å². The zero-order chi connectivity index (χ0) is 14.8. The number of para-hydroxylation sites is 1. The molecule has 1 N–H and O–H groups in total. The first-order valence-corrected chi connectivity index (χ1v) is 7.53. The molecule has 0 heterocycles. The maximum absolute atomic E-state index is 12.4. The van der Waals surface area contributed by atoms with E-state index in [1.165, 1.54) is 24.5 Å². The predicted octanol–water partition coefficient (Wildman–Crippen LogP) is 3.79. The number of ketones is 1. The first-order valence-electron chi connectivity index (χ1n) is 7.53. The summed E-state index contributed by atoms with van der Waals surface area (Å²) < 4.78 is 0. The van der Waals surface area contributed by atoms with E-state index in [-0.39, 0.29) is 11.7 Å². The molecule has 2 aliphatic carbocycles. The molecule has 21 heavy (non-hydrogen) atoms. The van der Waals surface area contributed by atoms with Crippen molar-refractivity contribution in [1.29, 1.82) is 0 Å². The molecule has 0 unspecified atom stereocenters. The number of carbonyl (C=O) groups excluding carboxylic acids is 2. The minimum absolute atomic E-state index is 0.147. The van der Waals surface area contributed by atoms with Crippen molar-refractivity contribution in [3.05, 3.63) is 52.6 Å². The van der Waals surface area contributed by atoms with Crippen LogP contribution < -0.4 is 5.32 Å². The van der Waals surface area contributed by atoms with Crippen LogP contribution in [0.4, 0.5) is 5.69 Å². The number of Topliss-reactive ketones (excluding diaryl/α,β-unsaturated/α-hetero) is 1. The molecular weight excluding hydrogens is 262 g/mol. The zero-order valence-corrected chi connectivity index (χ0v) is 12.2. The first-order chi connectivity index (χ1) is 10.2. The molecule has 3 nitrogen and oxygen atoms in total. The van der Waals surface area contributed by atoms with E-state index in [2.05, 4.69) is 5.32 Å². The van der Waals surface area contributed by atoms with Gasteiger partial charge in [0.2, 0.25) is 0 Å². The minimum atomic E-state index is -0.281. The summed E-state index contributed by atoms with van der Waals surface area (Å²) >= 11 is 0. The van der Waals surface area contributed by atoms with Crippen molar-refractivity contribution < 1.29 is 9.59 Å². The predicted molar refractivity (Wildman–Crippen MR) is 82.9 cm³/mol. The summed E-state index contributed by atoms with van der Waals surface area (Å²) in [6, 6.07) is 9.27. The van der Waals surface area contributed by atoms with Crippen LogP contribution in [0.3, 0.4) is 0 Å². The highest BCUT2D eigenvalue weighted by atomic mass is 16.2. The summed E-state index contributed by atoms with van der Waals surface area (Å²) in [5.41, 5.74) is 4.54. The van der Waals surface area contributed by atoms with Crippen LogP contribution in [0.1, 0.15) is 39.0 Å². The second kappa shape index (κ2) is 5.68. The molecule has 0 aromatic heterocycles. The Bertz CT molecular complexity index is 635. The van der Waals surface area contributed by atoms with Crippen LogP contribution in [0.15, 0.2) is 52.6 Å². The van der Waals surface area contributed by atoms with Gasteiger partial charge < -0.3 is 5.32 Å². The van der Waals surface area contributed by atoms with Gasteiger partial charge in [0, 0.05) is 5.69 Å². The average molecular weight is 281 g/mol. The molecule has 0 atom stereocenters. The van der Waals surface area contributed by atoms with Gasteiger partial charge in [0.15, 0.2) is 5.78 Å². The molecule has 2 aliphatic rings. The third kappa shape index (κ3) is 2.82. The van der Waals surface area contributed by atoms with Crippen LogP contribution in [0.25, 0.3) is 0 Å². The highest BCUT2D eigenvalue weighted by molar-refractivity contribution is 6.25. The van der Waals surface area contributed by atoms with Crippen LogP contribution in [0.2, 0.25) is 0 Å². The van der Waals surface area contributed by atoms with Gasteiger partial charge in [-0.05, 0) is 61.5 Å². The molecule has 0 saturated heterocycles. The molecule has 0 radical (unpaired) electrons. The highest BCUT2D eigenvalue weighted by Crippen LogP contribution is 2.49. The quantitative estimate of drug-likeness (QED) is 0.520. The summed E-state index contributed by atoms with van der Waals surface area (Å²) in [6.45, 7) is 1.48. The number of carbonyl (C=O) groups is 2. The lowest BCUT2D eigenvalue weighted by Gasteiger charge is -2.08. The Kier molecular flexibility index (Phi) is 3.74. The maximum Gasteiger partial charge on any atom is 0.259 e. The molecule has 0 saturated carbocycles. The number of anilines is 1. The van der Waals surface area contributed by atoms with Crippen LogP contribution in [-0.2, 0) is 9.59 Å². The number of hydrogen-bond donors (Lipinski definition) is 1. The Hall–Kier alpha value is -2.16. The lowest BCUT2D eigenvalue weighted by atomic mass is 10.0. The Morgan fingerprint density at radius 3 is 2.14 bits per heavy atom. The topological polar surface area (TPSA) is 46.2 Å². The lowest BCUT2D eigenvalue weighted by molar-refractivity contribution is -0.118. The molecule has 3 rings (SSSR count). The smallest absolute Gasteiger partial charge is 0.259 e. The van der Waals surface area contributed by atoms with Crippen molar-refractivity contribution >= 4 is 17.4 Å². The third-order valence-corrected chi connectivity index (χ3v) is 4.12. The van der Waals surface area contributed by atoms with Crippen molar-refractivity contribution in [1.82, 2.24) is 0 Å². The van der Waals surface area contributed by atoms with Gasteiger partial charge in [-0.3, -0.25) is 9.59 Å². The van der Waals surface area contributed by atoms with Gasteiger partial charge in [0.25, 0.3) is 5.91 Å². The molecule has 0 fully saturated rings. The van der Waals surface area contributed by atoms with E-state index < -0.39 is 0 Å². The van der Waals surface area contributed by atoms with E-state index in [0.29, 0.717) is 5.57 Å². The van der Waals surface area contributed by atoms with Crippen LogP contribution in [0.5, 0.6) is 0 Å². The molecule has 3 heteroatoms. The maximum atomic E-state index is 12.4. The standard InChI is InChI=1S/C18H19NO2/c1-12(20)16(17-14-10-6-3-7-11-15(14)17)18(21)19-13-8-4-2-5-9-13/h2,4-5,8-9H,3,6-7,10-11H2,1H3,(H,19,21). The van der Waals surface area contributed by atoms with Crippen molar-refractivity contribution in [2.75, 3.05) is 5.32 Å². The molecule has 0 aliphatic heterocycles. The fourth-order valence-corrected chi connectivity index (χ4v) is 3.07. The lowest BCUT2D eigenvalue weighted by Crippen LogP contribution is -2.19. The Labute approximate surface area is 124 Å². The van der Waals surface area contributed by atoms with Crippen molar-refractivity contribution in [3.8, 4) is 0 Å².